The van der Waals surface area contributed by atoms with E-state index in [-0.39, 0.29) is 18.0 Å². The number of hydrazone groups is 1. The number of nitrogens with zero attached hydrogens (tertiary/aromatic N) is 2. The van der Waals surface area contributed by atoms with Gasteiger partial charge in [0.2, 0.25) is 0 Å². The third-order valence-electron chi connectivity index (χ3n) is 2.40. The number of carbonyl (C=O) groups is 1. The van der Waals surface area contributed by atoms with E-state index in [9.17, 15) is 14.9 Å². The molecule has 2 aromatic rings. The minimum atomic E-state index is -0.569. The molecular formula is C13H10BrN3O4S. The molecule has 0 fully saturated rings. The van der Waals surface area contributed by atoms with Gasteiger partial charge in [0.15, 0.2) is 12.4 Å². The van der Waals surface area contributed by atoms with Gasteiger partial charge >= 0.3 is 5.69 Å². The summed E-state index contributed by atoms with van der Waals surface area (Å²) in [6.45, 7) is -0.365. The number of carbonyl (C=O) groups excluding carboxylic acids is 1. The second-order valence-electron chi connectivity index (χ2n) is 3.95. The number of hydrogen-bond donors (Lipinski definition) is 1. The van der Waals surface area contributed by atoms with Gasteiger partial charge in [0, 0.05) is 10.9 Å². The molecule has 0 aliphatic carbocycles. The fourth-order valence-corrected chi connectivity index (χ4v) is 2.77. The van der Waals surface area contributed by atoms with E-state index in [1.807, 2.05) is 12.1 Å². The van der Waals surface area contributed by atoms with E-state index in [0.717, 1.165) is 8.66 Å². The number of amides is 1. The highest BCUT2D eigenvalue weighted by molar-refractivity contribution is 9.11. The van der Waals surface area contributed by atoms with Crippen molar-refractivity contribution in [3.05, 3.63) is 55.2 Å². The summed E-state index contributed by atoms with van der Waals surface area (Å²) in [5, 5.41) is 14.6. The van der Waals surface area contributed by atoms with E-state index in [2.05, 4.69) is 26.5 Å². The Morgan fingerprint density at radius 1 is 1.41 bits per heavy atom. The average Bonchev–Trinajstić information content (AvgIpc) is 2.91. The Morgan fingerprint density at radius 3 is 2.86 bits per heavy atom. The van der Waals surface area contributed by atoms with Gasteiger partial charge in [-0.25, -0.2) is 5.43 Å². The summed E-state index contributed by atoms with van der Waals surface area (Å²) in [4.78, 5) is 22.7. The number of para-hydroxylation sites is 2. The van der Waals surface area contributed by atoms with Crippen molar-refractivity contribution in [2.75, 3.05) is 6.61 Å². The molecule has 9 heteroatoms. The fourth-order valence-electron chi connectivity index (χ4n) is 1.47. The van der Waals surface area contributed by atoms with Crippen molar-refractivity contribution in [2.45, 2.75) is 0 Å². The molecule has 0 spiro atoms. The highest BCUT2D eigenvalue weighted by Crippen LogP contribution is 2.25. The first-order valence-corrected chi connectivity index (χ1v) is 7.60. The highest BCUT2D eigenvalue weighted by atomic mass is 79.9. The van der Waals surface area contributed by atoms with Crippen LogP contribution in [-0.4, -0.2) is 23.7 Å². The zero-order valence-corrected chi connectivity index (χ0v) is 13.5. The van der Waals surface area contributed by atoms with E-state index in [1.165, 1.54) is 35.8 Å². The first-order valence-electron chi connectivity index (χ1n) is 5.99. The number of rotatable bonds is 6. The van der Waals surface area contributed by atoms with Gasteiger partial charge in [-0.2, -0.15) is 5.10 Å². The number of halogens is 1. The van der Waals surface area contributed by atoms with E-state index >= 15 is 0 Å². The van der Waals surface area contributed by atoms with Crippen LogP contribution in [0.2, 0.25) is 0 Å². The van der Waals surface area contributed by atoms with Crippen molar-refractivity contribution in [3.63, 3.8) is 0 Å². The molecule has 0 unspecified atom stereocenters. The molecule has 1 amide bonds. The van der Waals surface area contributed by atoms with E-state index in [1.54, 1.807) is 6.07 Å². The lowest BCUT2D eigenvalue weighted by Crippen LogP contribution is -2.24. The van der Waals surface area contributed by atoms with E-state index in [0.29, 0.717) is 0 Å². The standard InChI is InChI=1S/C13H10BrN3O4S/c14-12-6-5-9(22-12)7-15-16-13(18)8-21-11-4-2-1-3-10(11)17(19)20/h1-7H,8H2,(H,16,18)/b15-7-. The quantitative estimate of drug-likeness (QED) is 0.471. The van der Waals surface area contributed by atoms with Crippen molar-refractivity contribution < 1.29 is 14.5 Å². The lowest BCUT2D eigenvalue weighted by molar-refractivity contribution is -0.385. The van der Waals surface area contributed by atoms with Crippen LogP contribution < -0.4 is 10.2 Å². The molecule has 0 radical (unpaired) electrons. The van der Waals surface area contributed by atoms with Crippen molar-refractivity contribution in [1.29, 1.82) is 0 Å². The van der Waals surface area contributed by atoms with Crippen LogP contribution in [0.1, 0.15) is 4.88 Å². The molecule has 0 aliphatic heterocycles. The smallest absolute Gasteiger partial charge is 0.310 e. The van der Waals surface area contributed by atoms with Gasteiger partial charge in [-0.1, -0.05) is 12.1 Å². The number of nitrogens with one attached hydrogen (secondary N) is 1. The molecule has 0 bridgehead atoms. The third kappa shape index (κ3) is 4.64. The Morgan fingerprint density at radius 2 is 2.18 bits per heavy atom. The van der Waals surface area contributed by atoms with Gasteiger partial charge in [0.25, 0.3) is 5.91 Å². The first kappa shape index (κ1) is 16.1. The molecule has 114 valence electrons. The number of ether oxygens (including phenoxy) is 1. The Hall–Kier alpha value is -2.26. The largest absolute Gasteiger partial charge is 0.477 e. The second kappa shape index (κ2) is 7.66. The number of thiophene rings is 1. The summed E-state index contributed by atoms with van der Waals surface area (Å²) in [6, 6.07) is 9.55. The summed E-state index contributed by atoms with van der Waals surface area (Å²) >= 11 is 4.78. The highest BCUT2D eigenvalue weighted by Gasteiger charge is 2.14. The fraction of sp³-hybridized carbons (Fsp3) is 0.0769. The molecule has 0 saturated heterocycles. The Kier molecular flexibility index (Phi) is 5.61. The molecule has 7 nitrogen and oxygen atoms in total. The molecule has 1 N–H and O–H groups in total. The summed E-state index contributed by atoms with van der Waals surface area (Å²) in [7, 11) is 0. The normalized spacial score (nSPS) is 10.6. The third-order valence-corrected chi connectivity index (χ3v) is 3.95. The molecule has 22 heavy (non-hydrogen) atoms. The maximum absolute atomic E-state index is 11.6. The minimum Gasteiger partial charge on any atom is -0.477 e. The Balaban J connectivity index is 1.85. The maximum Gasteiger partial charge on any atom is 0.310 e. The zero-order chi connectivity index (χ0) is 15.9. The molecule has 1 heterocycles. The molecule has 0 aliphatic rings. The number of benzene rings is 1. The van der Waals surface area contributed by atoms with E-state index < -0.39 is 10.8 Å². The van der Waals surface area contributed by atoms with Crippen LogP contribution in [0.15, 0.2) is 45.3 Å². The maximum atomic E-state index is 11.6. The molecule has 1 aromatic heterocycles. The van der Waals surface area contributed by atoms with Gasteiger partial charge in [0.05, 0.1) is 14.9 Å². The van der Waals surface area contributed by atoms with Crippen LogP contribution in [-0.2, 0) is 4.79 Å². The summed E-state index contributed by atoms with van der Waals surface area (Å²) < 4.78 is 6.09. The van der Waals surface area contributed by atoms with Crippen LogP contribution >= 0.6 is 27.3 Å². The summed E-state index contributed by atoms with van der Waals surface area (Å²) in [5.74, 6) is -0.473. The van der Waals surface area contributed by atoms with Crippen LogP contribution in [0.4, 0.5) is 5.69 Å². The van der Waals surface area contributed by atoms with Crippen LogP contribution in [0.5, 0.6) is 5.75 Å². The van der Waals surface area contributed by atoms with Gasteiger partial charge in [-0.15, -0.1) is 11.3 Å². The second-order valence-corrected chi connectivity index (χ2v) is 6.44. The molecule has 2 rings (SSSR count). The summed E-state index contributed by atoms with van der Waals surface area (Å²) in [5.41, 5.74) is 2.09. The molecule has 0 atom stereocenters. The predicted octanol–water partition coefficient (Wildman–Crippen LogP) is 2.95. The lowest BCUT2D eigenvalue weighted by atomic mass is 10.3. The Bertz CT molecular complexity index is 717. The number of nitro benzene ring substituents is 1. The average molecular weight is 384 g/mol. The van der Waals surface area contributed by atoms with Crippen molar-refractivity contribution in [3.8, 4) is 5.75 Å². The monoisotopic (exact) mass is 383 g/mol. The van der Waals surface area contributed by atoms with Crippen LogP contribution in [0.25, 0.3) is 0 Å². The van der Waals surface area contributed by atoms with E-state index in [4.69, 9.17) is 4.74 Å². The predicted molar refractivity (Wildman–Crippen MR) is 86.3 cm³/mol. The summed E-state index contributed by atoms with van der Waals surface area (Å²) in [6.07, 6.45) is 1.50. The molecular weight excluding hydrogens is 374 g/mol. The van der Waals surface area contributed by atoms with Crippen molar-refractivity contribution in [2.24, 2.45) is 5.10 Å². The lowest BCUT2D eigenvalue weighted by Gasteiger charge is -2.05. The number of hydrogen-bond acceptors (Lipinski definition) is 6. The van der Waals surface area contributed by atoms with Gasteiger partial charge in [0.1, 0.15) is 0 Å². The van der Waals surface area contributed by atoms with Gasteiger partial charge in [-0.3, -0.25) is 14.9 Å². The van der Waals surface area contributed by atoms with Gasteiger partial charge < -0.3 is 4.74 Å². The van der Waals surface area contributed by atoms with Crippen LogP contribution in [0.3, 0.4) is 0 Å². The van der Waals surface area contributed by atoms with Crippen molar-refractivity contribution in [1.82, 2.24) is 5.43 Å². The Labute approximate surface area is 137 Å². The number of nitro groups is 1. The molecule has 0 saturated carbocycles. The zero-order valence-electron chi connectivity index (χ0n) is 11.1. The van der Waals surface area contributed by atoms with Gasteiger partial charge in [-0.05, 0) is 34.1 Å². The first-order chi connectivity index (χ1) is 10.6. The van der Waals surface area contributed by atoms with Crippen LogP contribution in [0, 0.1) is 10.1 Å². The topological polar surface area (TPSA) is 93.8 Å². The van der Waals surface area contributed by atoms with Crippen molar-refractivity contribution >= 4 is 45.1 Å². The molecule has 1 aromatic carbocycles. The minimum absolute atomic E-state index is 0.0359. The SMILES string of the molecule is O=C(COc1ccccc1[N+](=O)[O-])N/N=C\c1ccc(Br)s1.